The van der Waals surface area contributed by atoms with E-state index in [4.69, 9.17) is 5.11 Å². The van der Waals surface area contributed by atoms with E-state index < -0.39 is 12.0 Å². The molecular formula is C16H16N2O3. The van der Waals surface area contributed by atoms with Gasteiger partial charge in [-0.15, -0.1) is 0 Å². The van der Waals surface area contributed by atoms with Gasteiger partial charge in [-0.05, 0) is 55.3 Å². The van der Waals surface area contributed by atoms with E-state index in [1.54, 1.807) is 12.1 Å². The van der Waals surface area contributed by atoms with Crippen molar-refractivity contribution in [3.05, 3.63) is 59.2 Å². The zero-order valence-electron chi connectivity index (χ0n) is 11.8. The van der Waals surface area contributed by atoms with Crippen molar-refractivity contribution in [2.75, 3.05) is 10.6 Å². The van der Waals surface area contributed by atoms with Crippen LogP contribution in [0, 0.1) is 13.8 Å². The zero-order chi connectivity index (χ0) is 15.4. The van der Waals surface area contributed by atoms with Crippen LogP contribution in [0.1, 0.15) is 21.5 Å². The molecule has 2 aromatic rings. The Morgan fingerprint density at radius 2 is 1.52 bits per heavy atom. The third-order valence-corrected chi connectivity index (χ3v) is 2.85. The number of aromatic carboxylic acids is 1. The molecule has 0 fully saturated rings. The Morgan fingerprint density at radius 3 is 2.14 bits per heavy atom. The molecule has 0 saturated heterocycles. The van der Waals surface area contributed by atoms with Crippen LogP contribution in [-0.4, -0.2) is 17.1 Å². The van der Waals surface area contributed by atoms with Crippen LogP contribution >= 0.6 is 0 Å². The standard InChI is InChI=1S/C16H16N2O3/c1-10-6-11(2)8-14(7-10)18-16(21)17-13-5-3-4-12(9-13)15(19)20/h3-9H,1-2H3,(H,19,20)(H2,17,18,21). The summed E-state index contributed by atoms with van der Waals surface area (Å²) in [6.45, 7) is 3.90. The molecule has 0 heterocycles. The molecule has 3 N–H and O–H groups in total. The van der Waals surface area contributed by atoms with Gasteiger partial charge < -0.3 is 15.7 Å². The van der Waals surface area contributed by atoms with Gasteiger partial charge in [0.25, 0.3) is 0 Å². The number of carbonyl (C=O) groups is 2. The van der Waals surface area contributed by atoms with Gasteiger partial charge in [0.2, 0.25) is 0 Å². The van der Waals surface area contributed by atoms with Crippen molar-refractivity contribution in [3.8, 4) is 0 Å². The van der Waals surface area contributed by atoms with Crippen LogP contribution in [0.5, 0.6) is 0 Å². The number of benzene rings is 2. The molecule has 5 heteroatoms. The number of urea groups is 1. The number of aryl methyl sites for hydroxylation is 2. The number of carboxylic acid groups (broad SMARTS) is 1. The van der Waals surface area contributed by atoms with E-state index in [2.05, 4.69) is 10.6 Å². The summed E-state index contributed by atoms with van der Waals surface area (Å²) in [5.74, 6) is -1.03. The van der Waals surface area contributed by atoms with Crippen LogP contribution in [0.3, 0.4) is 0 Å². The smallest absolute Gasteiger partial charge is 0.335 e. The molecule has 21 heavy (non-hydrogen) atoms. The van der Waals surface area contributed by atoms with Crippen molar-refractivity contribution in [2.45, 2.75) is 13.8 Å². The topological polar surface area (TPSA) is 78.4 Å². The van der Waals surface area contributed by atoms with Gasteiger partial charge in [0.15, 0.2) is 0 Å². The van der Waals surface area contributed by atoms with Crippen molar-refractivity contribution < 1.29 is 14.7 Å². The zero-order valence-corrected chi connectivity index (χ0v) is 11.8. The number of hydrogen-bond acceptors (Lipinski definition) is 2. The van der Waals surface area contributed by atoms with E-state index in [0.29, 0.717) is 11.4 Å². The molecule has 0 aromatic heterocycles. The first-order chi connectivity index (χ1) is 9.94. The molecule has 108 valence electrons. The maximum Gasteiger partial charge on any atom is 0.335 e. The Kier molecular flexibility index (Phi) is 4.23. The van der Waals surface area contributed by atoms with Gasteiger partial charge in [0.1, 0.15) is 0 Å². The quantitative estimate of drug-likeness (QED) is 0.805. The Morgan fingerprint density at radius 1 is 0.905 bits per heavy atom. The number of hydrogen-bond donors (Lipinski definition) is 3. The van der Waals surface area contributed by atoms with Crippen LogP contribution in [0.15, 0.2) is 42.5 Å². The molecule has 2 aromatic carbocycles. The Bertz CT molecular complexity index is 675. The number of carbonyl (C=O) groups excluding carboxylic acids is 1. The molecule has 0 spiro atoms. The highest BCUT2D eigenvalue weighted by Gasteiger charge is 2.06. The lowest BCUT2D eigenvalue weighted by molar-refractivity contribution is 0.0697. The van der Waals surface area contributed by atoms with Crippen LogP contribution in [0.2, 0.25) is 0 Å². The predicted molar refractivity (Wildman–Crippen MR) is 82.0 cm³/mol. The Labute approximate surface area is 122 Å². The molecule has 0 aliphatic rings. The molecule has 0 aliphatic carbocycles. The fraction of sp³-hybridized carbons (Fsp3) is 0.125. The summed E-state index contributed by atoms with van der Waals surface area (Å²) in [6.07, 6.45) is 0. The lowest BCUT2D eigenvalue weighted by Gasteiger charge is -2.09. The summed E-state index contributed by atoms with van der Waals surface area (Å²) in [5, 5.41) is 14.2. The molecular weight excluding hydrogens is 268 g/mol. The second-order valence-corrected chi connectivity index (χ2v) is 4.84. The third kappa shape index (κ3) is 4.07. The first-order valence-electron chi connectivity index (χ1n) is 6.44. The predicted octanol–water partition coefficient (Wildman–Crippen LogP) is 3.65. The summed E-state index contributed by atoms with van der Waals surface area (Å²) in [4.78, 5) is 22.8. The summed E-state index contributed by atoms with van der Waals surface area (Å²) in [7, 11) is 0. The van der Waals surface area contributed by atoms with Crippen LogP contribution < -0.4 is 10.6 Å². The fourth-order valence-electron chi connectivity index (χ4n) is 2.07. The molecule has 0 aliphatic heterocycles. The van der Waals surface area contributed by atoms with Crippen LogP contribution in [0.4, 0.5) is 16.2 Å². The maximum atomic E-state index is 11.9. The minimum atomic E-state index is -1.03. The molecule has 0 radical (unpaired) electrons. The minimum Gasteiger partial charge on any atom is -0.478 e. The Hall–Kier alpha value is -2.82. The number of anilines is 2. The van der Waals surface area contributed by atoms with E-state index in [-0.39, 0.29) is 5.56 Å². The number of nitrogens with one attached hydrogen (secondary N) is 2. The first-order valence-corrected chi connectivity index (χ1v) is 6.44. The average Bonchev–Trinajstić information content (AvgIpc) is 2.37. The summed E-state index contributed by atoms with van der Waals surface area (Å²) in [6, 6.07) is 11.4. The molecule has 2 rings (SSSR count). The van der Waals surface area contributed by atoms with Gasteiger partial charge in [-0.3, -0.25) is 0 Å². The summed E-state index contributed by atoms with van der Waals surface area (Å²) < 4.78 is 0. The Balaban J connectivity index is 2.08. The second-order valence-electron chi connectivity index (χ2n) is 4.84. The van der Waals surface area contributed by atoms with E-state index in [9.17, 15) is 9.59 Å². The largest absolute Gasteiger partial charge is 0.478 e. The third-order valence-electron chi connectivity index (χ3n) is 2.85. The maximum absolute atomic E-state index is 11.9. The SMILES string of the molecule is Cc1cc(C)cc(NC(=O)Nc2cccc(C(=O)O)c2)c1. The molecule has 2 amide bonds. The summed E-state index contributed by atoms with van der Waals surface area (Å²) in [5.41, 5.74) is 3.35. The molecule has 0 bridgehead atoms. The van der Waals surface area contributed by atoms with E-state index in [0.717, 1.165) is 11.1 Å². The second kappa shape index (κ2) is 6.09. The van der Waals surface area contributed by atoms with Gasteiger partial charge in [-0.25, -0.2) is 9.59 Å². The number of carboxylic acids is 1. The minimum absolute atomic E-state index is 0.124. The first kappa shape index (κ1) is 14.6. The number of rotatable bonds is 3. The van der Waals surface area contributed by atoms with Crippen molar-refractivity contribution in [1.29, 1.82) is 0 Å². The average molecular weight is 284 g/mol. The summed E-state index contributed by atoms with van der Waals surface area (Å²) >= 11 is 0. The van der Waals surface area contributed by atoms with Crippen LogP contribution in [0.25, 0.3) is 0 Å². The molecule has 0 unspecified atom stereocenters. The molecule has 5 nitrogen and oxygen atoms in total. The van der Waals surface area contributed by atoms with E-state index in [1.165, 1.54) is 12.1 Å². The van der Waals surface area contributed by atoms with E-state index in [1.807, 2.05) is 32.0 Å². The highest BCUT2D eigenvalue weighted by atomic mass is 16.4. The van der Waals surface area contributed by atoms with Gasteiger partial charge in [-0.1, -0.05) is 12.1 Å². The monoisotopic (exact) mass is 284 g/mol. The van der Waals surface area contributed by atoms with Gasteiger partial charge in [-0.2, -0.15) is 0 Å². The lowest BCUT2D eigenvalue weighted by Crippen LogP contribution is -2.19. The molecule has 0 atom stereocenters. The highest BCUT2D eigenvalue weighted by molar-refractivity contribution is 6.00. The normalized spacial score (nSPS) is 10.0. The highest BCUT2D eigenvalue weighted by Crippen LogP contribution is 2.15. The van der Waals surface area contributed by atoms with Gasteiger partial charge in [0, 0.05) is 11.4 Å². The fourth-order valence-corrected chi connectivity index (χ4v) is 2.07. The van der Waals surface area contributed by atoms with Gasteiger partial charge in [0.05, 0.1) is 5.56 Å². The molecule has 0 saturated carbocycles. The van der Waals surface area contributed by atoms with Crippen molar-refractivity contribution in [1.82, 2.24) is 0 Å². The van der Waals surface area contributed by atoms with Crippen molar-refractivity contribution in [3.63, 3.8) is 0 Å². The lowest BCUT2D eigenvalue weighted by atomic mass is 10.1. The van der Waals surface area contributed by atoms with Crippen LogP contribution in [-0.2, 0) is 0 Å². The van der Waals surface area contributed by atoms with Gasteiger partial charge >= 0.3 is 12.0 Å². The van der Waals surface area contributed by atoms with E-state index >= 15 is 0 Å². The van der Waals surface area contributed by atoms with Crippen molar-refractivity contribution >= 4 is 23.4 Å². The number of amides is 2. The van der Waals surface area contributed by atoms with Crippen molar-refractivity contribution in [2.24, 2.45) is 0 Å².